The Hall–Kier alpha value is -2.19. The molecule has 0 aliphatic carbocycles. The summed E-state index contributed by atoms with van der Waals surface area (Å²) in [5.41, 5.74) is 1.27. The first-order chi connectivity index (χ1) is 15.9. The summed E-state index contributed by atoms with van der Waals surface area (Å²) in [5, 5.41) is 5.07. The van der Waals surface area contributed by atoms with Crippen LogP contribution in [0.2, 0.25) is 0 Å². The van der Waals surface area contributed by atoms with Gasteiger partial charge in [0.25, 0.3) is 5.56 Å². The first-order valence-electron chi connectivity index (χ1n) is 11.3. The number of fused-ring (bicyclic) bond motifs is 1. The van der Waals surface area contributed by atoms with Gasteiger partial charge in [-0.15, -0.1) is 0 Å². The van der Waals surface area contributed by atoms with Gasteiger partial charge in [-0.2, -0.15) is 9.78 Å². The summed E-state index contributed by atoms with van der Waals surface area (Å²) in [6, 6.07) is 9.31. The minimum atomic E-state index is -0.190. The van der Waals surface area contributed by atoms with Gasteiger partial charge in [0.05, 0.1) is 34.3 Å². The van der Waals surface area contributed by atoms with Crippen LogP contribution in [0.15, 0.2) is 49.2 Å². The molecule has 3 aromatic rings. The molecule has 0 bridgehead atoms. The Morgan fingerprint density at radius 2 is 1.97 bits per heavy atom. The van der Waals surface area contributed by atoms with Gasteiger partial charge in [-0.3, -0.25) is 4.79 Å². The fourth-order valence-corrected chi connectivity index (χ4v) is 4.17. The van der Waals surface area contributed by atoms with E-state index >= 15 is 0 Å². The zero-order valence-corrected chi connectivity index (χ0v) is 22.6. The van der Waals surface area contributed by atoms with Gasteiger partial charge in [-0.05, 0) is 78.5 Å². The van der Waals surface area contributed by atoms with Crippen molar-refractivity contribution >= 4 is 49.0 Å². The van der Waals surface area contributed by atoms with Gasteiger partial charge in [-0.1, -0.05) is 36.2 Å². The molecule has 0 saturated carbocycles. The van der Waals surface area contributed by atoms with Crippen molar-refractivity contribution in [2.45, 2.75) is 59.5 Å². The van der Waals surface area contributed by atoms with Crippen molar-refractivity contribution in [3.63, 3.8) is 0 Å². The predicted molar refractivity (Wildman–Crippen MR) is 141 cm³/mol. The molecular formula is C25H29Br2N3O3. The second-order valence-corrected chi connectivity index (χ2v) is 9.52. The molecule has 0 fully saturated rings. The van der Waals surface area contributed by atoms with Crippen LogP contribution in [0.25, 0.3) is 10.9 Å². The van der Waals surface area contributed by atoms with Gasteiger partial charge in [0.15, 0.2) is 11.5 Å². The highest BCUT2D eigenvalue weighted by molar-refractivity contribution is 9.10. The van der Waals surface area contributed by atoms with Crippen molar-refractivity contribution < 1.29 is 9.47 Å². The standard InChI is InChI=1S/C25H29Br2N3O3/c1-5-8-9-23-29-21-11-10-18(26)14-19(21)25(31)30(23)28-15-17-12-20(27)24(33-16(4)6-2)22(13-17)32-7-3/h10-16H,5-9H2,1-4H3/t16-/m1/s1. The molecule has 8 heteroatoms. The molecule has 1 atom stereocenters. The molecule has 0 aliphatic heterocycles. The summed E-state index contributed by atoms with van der Waals surface area (Å²) < 4.78 is 14.9. The zero-order valence-electron chi connectivity index (χ0n) is 19.4. The van der Waals surface area contributed by atoms with E-state index in [2.05, 4.69) is 50.8 Å². The highest BCUT2D eigenvalue weighted by Gasteiger charge is 2.15. The number of benzene rings is 2. The Bertz CT molecular complexity index is 1210. The van der Waals surface area contributed by atoms with Gasteiger partial charge >= 0.3 is 0 Å². The summed E-state index contributed by atoms with van der Waals surface area (Å²) >= 11 is 7.04. The summed E-state index contributed by atoms with van der Waals surface area (Å²) in [6.45, 7) is 8.64. The minimum Gasteiger partial charge on any atom is -0.490 e. The van der Waals surface area contributed by atoms with Crippen molar-refractivity contribution in [2.24, 2.45) is 5.10 Å². The van der Waals surface area contributed by atoms with E-state index in [-0.39, 0.29) is 11.7 Å². The summed E-state index contributed by atoms with van der Waals surface area (Å²) in [6.07, 6.45) is 5.19. The monoisotopic (exact) mass is 577 g/mol. The Kier molecular flexibility index (Phi) is 9.09. The van der Waals surface area contributed by atoms with E-state index in [9.17, 15) is 4.79 Å². The number of unbranched alkanes of at least 4 members (excludes halogenated alkanes) is 1. The van der Waals surface area contributed by atoms with Crippen LogP contribution in [0, 0.1) is 0 Å². The van der Waals surface area contributed by atoms with Crippen LogP contribution >= 0.6 is 31.9 Å². The number of aromatic nitrogens is 2. The average Bonchev–Trinajstić information content (AvgIpc) is 2.79. The maximum Gasteiger partial charge on any atom is 0.282 e. The second kappa shape index (κ2) is 11.8. The maximum atomic E-state index is 13.3. The summed E-state index contributed by atoms with van der Waals surface area (Å²) in [4.78, 5) is 18.0. The van der Waals surface area contributed by atoms with Crippen molar-refractivity contribution in [2.75, 3.05) is 6.61 Å². The lowest BCUT2D eigenvalue weighted by atomic mass is 10.2. The Balaban J connectivity index is 2.07. The van der Waals surface area contributed by atoms with E-state index in [1.807, 2.05) is 38.1 Å². The lowest BCUT2D eigenvalue weighted by Crippen LogP contribution is -2.22. The van der Waals surface area contributed by atoms with Crippen LogP contribution in [0.3, 0.4) is 0 Å². The van der Waals surface area contributed by atoms with Crippen LogP contribution in [0.4, 0.5) is 0 Å². The summed E-state index contributed by atoms with van der Waals surface area (Å²) in [5.74, 6) is 1.95. The fourth-order valence-electron chi connectivity index (χ4n) is 3.26. The van der Waals surface area contributed by atoms with E-state index in [1.54, 1.807) is 12.3 Å². The molecule has 0 aliphatic rings. The van der Waals surface area contributed by atoms with E-state index < -0.39 is 0 Å². The highest BCUT2D eigenvalue weighted by Crippen LogP contribution is 2.37. The average molecular weight is 579 g/mol. The Morgan fingerprint density at radius 1 is 1.18 bits per heavy atom. The molecule has 0 spiro atoms. The smallest absolute Gasteiger partial charge is 0.282 e. The number of aryl methyl sites for hydroxylation is 1. The van der Waals surface area contributed by atoms with Crippen LogP contribution in [-0.4, -0.2) is 28.6 Å². The van der Waals surface area contributed by atoms with Crippen molar-refractivity contribution in [3.8, 4) is 11.5 Å². The van der Waals surface area contributed by atoms with Gasteiger partial charge in [0.2, 0.25) is 0 Å². The van der Waals surface area contributed by atoms with E-state index in [0.29, 0.717) is 41.3 Å². The molecule has 0 saturated heterocycles. The molecule has 2 aromatic carbocycles. The summed E-state index contributed by atoms with van der Waals surface area (Å²) in [7, 11) is 0. The first-order valence-corrected chi connectivity index (χ1v) is 12.8. The van der Waals surface area contributed by atoms with Crippen molar-refractivity contribution in [3.05, 3.63) is 61.0 Å². The number of halogens is 2. The lowest BCUT2D eigenvalue weighted by Gasteiger charge is -2.18. The number of rotatable bonds is 10. The van der Waals surface area contributed by atoms with Crippen LogP contribution in [0.5, 0.6) is 11.5 Å². The van der Waals surface area contributed by atoms with E-state index in [0.717, 1.165) is 33.8 Å². The van der Waals surface area contributed by atoms with Gasteiger partial charge in [-0.25, -0.2) is 4.98 Å². The molecule has 1 aromatic heterocycles. The molecular weight excluding hydrogens is 550 g/mol. The molecule has 3 rings (SSSR count). The number of nitrogens with zero attached hydrogens (tertiary/aromatic N) is 3. The third kappa shape index (κ3) is 6.23. The second-order valence-electron chi connectivity index (χ2n) is 7.75. The van der Waals surface area contributed by atoms with Crippen LogP contribution < -0.4 is 15.0 Å². The van der Waals surface area contributed by atoms with Crippen molar-refractivity contribution in [1.82, 2.24) is 9.66 Å². The molecule has 0 amide bonds. The van der Waals surface area contributed by atoms with E-state index in [4.69, 9.17) is 14.5 Å². The largest absolute Gasteiger partial charge is 0.490 e. The van der Waals surface area contributed by atoms with Crippen LogP contribution in [-0.2, 0) is 6.42 Å². The Morgan fingerprint density at radius 3 is 2.67 bits per heavy atom. The predicted octanol–water partition coefficient (Wildman–Crippen LogP) is 6.72. The molecule has 33 heavy (non-hydrogen) atoms. The Labute approximate surface area is 211 Å². The van der Waals surface area contributed by atoms with E-state index in [1.165, 1.54) is 4.68 Å². The third-order valence-electron chi connectivity index (χ3n) is 5.18. The number of ether oxygens (including phenoxy) is 2. The number of hydrogen-bond acceptors (Lipinski definition) is 5. The molecule has 0 radical (unpaired) electrons. The van der Waals surface area contributed by atoms with Gasteiger partial charge in [0, 0.05) is 10.9 Å². The van der Waals surface area contributed by atoms with Crippen molar-refractivity contribution in [1.29, 1.82) is 0 Å². The zero-order chi connectivity index (χ0) is 24.0. The normalized spacial score (nSPS) is 12.4. The third-order valence-corrected chi connectivity index (χ3v) is 6.26. The first kappa shape index (κ1) is 25.4. The van der Waals surface area contributed by atoms with Gasteiger partial charge in [0.1, 0.15) is 5.82 Å². The molecule has 6 nitrogen and oxygen atoms in total. The molecule has 176 valence electrons. The quantitative estimate of drug-likeness (QED) is 0.250. The van der Waals surface area contributed by atoms with Gasteiger partial charge < -0.3 is 9.47 Å². The lowest BCUT2D eigenvalue weighted by molar-refractivity contribution is 0.202. The fraction of sp³-hybridized carbons (Fsp3) is 0.400. The minimum absolute atomic E-state index is 0.0581. The SMILES string of the molecule is CCCCc1nc2ccc(Br)cc2c(=O)n1N=Cc1cc(Br)c(O[C@H](C)CC)c(OCC)c1. The topological polar surface area (TPSA) is 65.7 Å². The maximum absolute atomic E-state index is 13.3. The molecule has 0 N–H and O–H groups in total. The molecule has 1 heterocycles. The highest BCUT2D eigenvalue weighted by atomic mass is 79.9. The van der Waals surface area contributed by atoms with Crippen LogP contribution in [0.1, 0.15) is 58.3 Å². The number of hydrogen-bond donors (Lipinski definition) is 0. The molecule has 0 unspecified atom stereocenters.